The van der Waals surface area contributed by atoms with Crippen LogP contribution >= 0.6 is 11.8 Å². The van der Waals surface area contributed by atoms with Gasteiger partial charge in [0.05, 0.1) is 5.25 Å². The first kappa shape index (κ1) is 16.4. The maximum atomic E-state index is 13.2. The molecule has 0 aromatic heterocycles. The van der Waals surface area contributed by atoms with Crippen LogP contribution in [0, 0.1) is 0 Å². The van der Waals surface area contributed by atoms with Gasteiger partial charge in [-0.1, -0.05) is 11.8 Å². The second-order valence-corrected chi connectivity index (χ2v) is 5.05. The average Bonchev–Trinajstić information content (AvgIpc) is 2.63. The second-order valence-electron chi connectivity index (χ2n) is 3.79. The predicted octanol–water partition coefficient (Wildman–Crippen LogP) is 3.88. The van der Waals surface area contributed by atoms with Gasteiger partial charge in [-0.2, -0.15) is 39.5 Å². The highest BCUT2D eigenvalue weighted by Gasteiger charge is 2.83. The van der Waals surface area contributed by atoms with Crippen molar-refractivity contribution in [2.75, 3.05) is 0 Å². The zero-order valence-corrected chi connectivity index (χ0v) is 9.53. The number of halogens is 9. The van der Waals surface area contributed by atoms with Crippen LogP contribution < -0.4 is 0 Å². The monoisotopic (exact) mass is 320 g/mol. The van der Waals surface area contributed by atoms with Crippen LogP contribution in [0.2, 0.25) is 0 Å². The molecule has 0 spiro atoms. The van der Waals surface area contributed by atoms with Gasteiger partial charge in [0.1, 0.15) is 0 Å². The lowest BCUT2D eigenvalue weighted by atomic mass is 9.98. The van der Waals surface area contributed by atoms with Crippen molar-refractivity contribution in [2.24, 2.45) is 0 Å². The molecule has 1 saturated heterocycles. The number of rotatable bonds is 3. The molecule has 1 nitrogen and oxygen atoms in total. The molecule has 1 aliphatic heterocycles. The smallest absolute Gasteiger partial charge is 0.287 e. The summed E-state index contributed by atoms with van der Waals surface area (Å²) in [4.78, 5) is 10.6. The van der Waals surface area contributed by atoms with E-state index in [0.717, 1.165) is 0 Å². The van der Waals surface area contributed by atoms with E-state index in [1.807, 2.05) is 0 Å². The fourth-order valence-electron chi connectivity index (χ4n) is 1.37. The van der Waals surface area contributed by atoms with Crippen LogP contribution in [0.4, 0.5) is 39.5 Å². The molecule has 0 saturated carbocycles. The fourth-order valence-corrected chi connectivity index (χ4v) is 2.46. The van der Waals surface area contributed by atoms with E-state index < -0.39 is 47.2 Å². The van der Waals surface area contributed by atoms with Crippen LogP contribution in [-0.4, -0.2) is 34.3 Å². The van der Waals surface area contributed by atoms with Crippen LogP contribution in [0.5, 0.6) is 0 Å². The highest BCUT2D eigenvalue weighted by molar-refractivity contribution is 8.14. The summed E-state index contributed by atoms with van der Waals surface area (Å²) >= 11 is -0.344. The van der Waals surface area contributed by atoms with E-state index in [1.54, 1.807) is 0 Å². The number of carbonyl (C=O) groups is 1. The molecular weight excluding hydrogens is 315 g/mol. The Morgan fingerprint density at radius 2 is 1.37 bits per heavy atom. The summed E-state index contributed by atoms with van der Waals surface area (Å²) in [7, 11) is 0. The Hall–Kier alpha value is -0.610. The lowest BCUT2D eigenvalue weighted by Gasteiger charge is -2.35. The average molecular weight is 320 g/mol. The molecule has 0 bridgehead atoms. The predicted molar refractivity (Wildman–Crippen MR) is 46.5 cm³/mol. The minimum atomic E-state index is -6.89. The lowest BCUT2D eigenvalue weighted by Crippen LogP contribution is -2.63. The zero-order valence-electron chi connectivity index (χ0n) is 8.71. The Kier molecular flexibility index (Phi) is 3.85. The Balaban J connectivity index is 3.14. The van der Waals surface area contributed by atoms with Crippen molar-refractivity contribution in [1.82, 2.24) is 0 Å². The number of hydrogen-bond acceptors (Lipinski definition) is 2. The van der Waals surface area contributed by atoms with Gasteiger partial charge < -0.3 is 0 Å². The Morgan fingerprint density at radius 1 is 0.895 bits per heavy atom. The minimum absolute atomic E-state index is 0.344. The molecule has 1 aliphatic rings. The van der Waals surface area contributed by atoms with E-state index in [9.17, 15) is 44.3 Å². The minimum Gasteiger partial charge on any atom is -0.287 e. The molecule has 0 aromatic carbocycles. The molecule has 1 unspecified atom stereocenters. The zero-order chi connectivity index (χ0) is 15.3. The topological polar surface area (TPSA) is 17.1 Å². The number of alkyl halides is 9. The van der Waals surface area contributed by atoms with Gasteiger partial charge in [0.2, 0.25) is 0 Å². The van der Waals surface area contributed by atoms with Gasteiger partial charge in [0, 0.05) is 6.42 Å². The third-order valence-corrected chi connectivity index (χ3v) is 3.74. The van der Waals surface area contributed by atoms with Crippen LogP contribution in [-0.2, 0) is 4.79 Å². The quantitative estimate of drug-likeness (QED) is 0.734. The van der Waals surface area contributed by atoms with Gasteiger partial charge in [0.25, 0.3) is 0 Å². The van der Waals surface area contributed by atoms with Crippen LogP contribution in [0.1, 0.15) is 12.8 Å². The fraction of sp³-hybridized carbons (Fsp3) is 0.875. The van der Waals surface area contributed by atoms with E-state index in [4.69, 9.17) is 0 Å². The standard InChI is InChI=1S/C8H5F9OS/c9-5(10,3-1-2-4(18)19-3)6(11,12)7(13,14)8(15,16)17/h3H,1-2H2. The third-order valence-electron chi connectivity index (χ3n) is 2.46. The summed E-state index contributed by atoms with van der Waals surface area (Å²) in [6, 6.07) is 0. The van der Waals surface area contributed by atoms with Gasteiger partial charge in [-0.3, -0.25) is 4.79 Å². The molecule has 11 heteroatoms. The molecule has 0 aromatic rings. The molecule has 1 heterocycles. The Bertz CT molecular complexity index is 375. The van der Waals surface area contributed by atoms with Crippen LogP contribution in [0.15, 0.2) is 0 Å². The summed E-state index contributed by atoms with van der Waals surface area (Å²) < 4.78 is 113. The summed E-state index contributed by atoms with van der Waals surface area (Å²) in [5.41, 5.74) is 0. The second kappa shape index (κ2) is 4.45. The maximum Gasteiger partial charge on any atom is 0.460 e. The van der Waals surface area contributed by atoms with E-state index >= 15 is 0 Å². The number of thioether (sulfide) groups is 1. The van der Waals surface area contributed by atoms with Crippen molar-refractivity contribution in [3.05, 3.63) is 0 Å². The van der Waals surface area contributed by atoms with Gasteiger partial charge in [-0.25, -0.2) is 0 Å². The molecule has 0 radical (unpaired) electrons. The summed E-state index contributed by atoms with van der Waals surface area (Å²) in [6.45, 7) is 0. The first-order valence-corrected chi connectivity index (χ1v) is 5.52. The highest BCUT2D eigenvalue weighted by Crippen LogP contribution is 2.57. The third kappa shape index (κ3) is 2.40. The Morgan fingerprint density at radius 3 is 1.68 bits per heavy atom. The van der Waals surface area contributed by atoms with Crippen molar-refractivity contribution in [3.63, 3.8) is 0 Å². The first-order valence-electron chi connectivity index (χ1n) is 4.65. The van der Waals surface area contributed by atoms with E-state index in [2.05, 4.69) is 0 Å². The van der Waals surface area contributed by atoms with Gasteiger partial charge in [-0.05, 0) is 6.42 Å². The maximum absolute atomic E-state index is 13.2. The molecular formula is C8H5F9OS. The molecule has 1 atom stereocenters. The molecule has 0 N–H and O–H groups in total. The largest absolute Gasteiger partial charge is 0.460 e. The summed E-state index contributed by atoms with van der Waals surface area (Å²) in [5.74, 6) is -19.2. The lowest BCUT2D eigenvalue weighted by molar-refractivity contribution is -0.395. The van der Waals surface area contributed by atoms with Gasteiger partial charge in [-0.15, -0.1) is 0 Å². The van der Waals surface area contributed by atoms with Crippen LogP contribution in [0.3, 0.4) is 0 Å². The number of carbonyl (C=O) groups excluding carboxylic acids is 1. The van der Waals surface area contributed by atoms with Crippen molar-refractivity contribution in [3.8, 4) is 0 Å². The van der Waals surface area contributed by atoms with Crippen molar-refractivity contribution in [1.29, 1.82) is 0 Å². The summed E-state index contributed by atoms with van der Waals surface area (Å²) in [5, 5.41) is -3.57. The van der Waals surface area contributed by atoms with Crippen molar-refractivity contribution < 1.29 is 44.3 Å². The van der Waals surface area contributed by atoms with Crippen molar-refractivity contribution >= 4 is 16.9 Å². The highest BCUT2D eigenvalue weighted by atomic mass is 32.2. The van der Waals surface area contributed by atoms with Crippen LogP contribution in [0.25, 0.3) is 0 Å². The molecule has 1 rings (SSSR count). The summed E-state index contributed by atoms with van der Waals surface area (Å²) in [6.07, 6.45) is -8.30. The number of hydrogen-bond donors (Lipinski definition) is 0. The SMILES string of the molecule is O=C1CCC(C(F)(F)C(F)(F)C(F)(F)C(F)(F)F)S1. The normalized spacial score (nSPS) is 23.0. The van der Waals surface area contributed by atoms with E-state index in [0.29, 0.717) is 0 Å². The van der Waals surface area contributed by atoms with Crippen molar-refractivity contribution in [2.45, 2.75) is 42.0 Å². The first-order chi connectivity index (χ1) is 8.25. The van der Waals surface area contributed by atoms with E-state index in [1.165, 1.54) is 0 Å². The molecule has 0 aliphatic carbocycles. The van der Waals surface area contributed by atoms with Gasteiger partial charge >= 0.3 is 23.9 Å². The molecule has 1 fully saturated rings. The van der Waals surface area contributed by atoms with Gasteiger partial charge in [0.15, 0.2) is 5.12 Å². The Labute approximate surface area is 104 Å². The molecule has 0 amide bonds. The molecule has 112 valence electrons. The van der Waals surface area contributed by atoms with E-state index in [-0.39, 0.29) is 11.8 Å². The molecule has 19 heavy (non-hydrogen) atoms.